The van der Waals surface area contributed by atoms with Crippen molar-refractivity contribution in [1.82, 2.24) is 10.5 Å². The van der Waals surface area contributed by atoms with Crippen molar-refractivity contribution in [1.29, 1.82) is 5.26 Å². The molecule has 0 saturated heterocycles. The van der Waals surface area contributed by atoms with Crippen molar-refractivity contribution in [2.24, 2.45) is 5.92 Å². The minimum Gasteiger partial charge on any atom is -0.299 e. The Balaban J connectivity index is 2.56. The van der Waals surface area contributed by atoms with Crippen LogP contribution in [0.3, 0.4) is 0 Å². The molecule has 7 nitrogen and oxygen atoms in total. The average molecular weight is 318 g/mol. The highest BCUT2D eigenvalue weighted by Gasteiger charge is 2.20. The predicted molar refractivity (Wildman–Crippen MR) is 85.1 cm³/mol. The van der Waals surface area contributed by atoms with Crippen LogP contribution in [0.4, 0.5) is 5.69 Å². The molecule has 0 spiro atoms. The van der Waals surface area contributed by atoms with E-state index in [1.807, 2.05) is 6.07 Å². The molecule has 0 aromatic heterocycles. The van der Waals surface area contributed by atoms with Crippen LogP contribution in [0, 0.1) is 17.2 Å². The third-order valence-electron chi connectivity index (χ3n) is 3.40. The monoisotopic (exact) mass is 318 g/mol. The number of hydroxylamine groups is 2. The van der Waals surface area contributed by atoms with Crippen molar-refractivity contribution in [2.75, 3.05) is 12.0 Å². The molecule has 0 fully saturated rings. The van der Waals surface area contributed by atoms with E-state index in [0.717, 1.165) is 19.3 Å². The minimum atomic E-state index is -0.498. The Hall–Kier alpha value is -2.59. The normalized spacial score (nSPS) is 11.2. The van der Waals surface area contributed by atoms with E-state index in [9.17, 15) is 14.8 Å². The zero-order valence-electron chi connectivity index (χ0n) is 13.2. The molecular weight excluding hydrogens is 296 g/mol. The van der Waals surface area contributed by atoms with Gasteiger partial charge >= 0.3 is 0 Å². The van der Waals surface area contributed by atoms with Gasteiger partial charge in [0, 0.05) is 0 Å². The van der Waals surface area contributed by atoms with Crippen LogP contribution in [-0.2, 0) is 9.59 Å². The Morgan fingerprint density at radius 3 is 2.65 bits per heavy atom. The van der Waals surface area contributed by atoms with Crippen LogP contribution < -0.4 is 10.9 Å². The van der Waals surface area contributed by atoms with Gasteiger partial charge in [-0.2, -0.15) is 5.26 Å². The SMILES string of the molecule is CCCCC[C@H](CN(O)C=O)C(=O)NNc1ccc(C#N)cc1. The molecule has 0 aliphatic heterocycles. The molecule has 0 unspecified atom stereocenters. The van der Waals surface area contributed by atoms with E-state index >= 15 is 0 Å². The molecule has 0 radical (unpaired) electrons. The summed E-state index contributed by atoms with van der Waals surface area (Å²) in [5.41, 5.74) is 6.50. The Labute approximate surface area is 135 Å². The van der Waals surface area contributed by atoms with Crippen molar-refractivity contribution in [3.8, 4) is 6.07 Å². The number of anilines is 1. The molecule has 0 saturated carbocycles. The van der Waals surface area contributed by atoms with Crippen molar-refractivity contribution in [3.63, 3.8) is 0 Å². The van der Waals surface area contributed by atoms with Crippen LogP contribution in [-0.4, -0.2) is 29.1 Å². The number of carbonyl (C=O) groups is 2. The Bertz CT molecular complexity index is 539. The highest BCUT2D eigenvalue weighted by Crippen LogP contribution is 2.12. The molecule has 1 aromatic rings. The first-order chi connectivity index (χ1) is 11.1. The van der Waals surface area contributed by atoms with Gasteiger partial charge < -0.3 is 0 Å². The van der Waals surface area contributed by atoms with Crippen LogP contribution in [0.2, 0.25) is 0 Å². The largest absolute Gasteiger partial charge is 0.299 e. The average Bonchev–Trinajstić information content (AvgIpc) is 2.59. The highest BCUT2D eigenvalue weighted by atomic mass is 16.5. The fourth-order valence-electron chi connectivity index (χ4n) is 2.08. The maximum Gasteiger partial charge on any atom is 0.243 e. The molecule has 1 aromatic carbocycles. The lowest BCUT2D eigenvalue weighted by molar-refractivity contribution is -0.154. The Morgan fingerprint density at radius 2 is 2.09 bits per heavy atom. The van der Waals surface area contributed by atoms with E-state index in [2.05, 4.69) is 17.8 Å². The van der Waals surface area contributed by atoms with Gasteiger partial charge in [0.2, 0.25) is 12.3 Å². The number of unbranched alkanes of at least 4 members (excludes halogenated alkanes) is 2. The Morgan fingerprint density at radius 1 is 1.39 bits per heavy atom. The second kappa shape index (κ2) is 10.2. The number of amides is 2. The molecule has 0 aliphatic carbocycles. The van der Waals surface area contributed by atoms with Gasteiger partial charge in [0.1, 0.15) is 0 Å². The lowest BCUT2D eigenvalue weighted by atomic mass is 10.0. The lowest BCUT2D eigenvalue weighted by Crippen LogP contribution is -2.40. The van der Waals surface area contributed by atoms with Gasteiger partial charge in [-0.25, -0.2) is 5.06 Å². The first-order valence-corrected chi connectivity index (χ1v) is 7.57. The van der Waals surface area contributed by atoms with E-state index in [1.165, 1.54) is 0 Å². The van der Waals surface area contributed by atoms with Crippen molar-refractivity contribution in [3.05, 3.63) is 29.8 Å². The molecule has 7 heteroatoms. The molecule has 0 bridgehead atoms. The molecule has 23 heavy (non-hydrogen) atoms. The molecule has 0 heterocycles. The molecule has 1 atom stereocenters. The molecule has 1 rings (SSSR count). The van der Waals surface area contributed by atoms with Crippen LogP contribution in [0.15, 0.2) is 24.3 Å². The second-order valence-electron chi connectivity index (χ2n) is 5.22. The summed E-state index contributed by atoms with van der Waals surface area (Å²) >= 11 is 0. The smallest absolute Gasteiger partial charge is 0.243 e. The molecule has 0 aliphatic rings. The number of nitriles is 1. The van der Waals surface area contributed by atoms with E-state index < -0.39 is 5.92 Å². The van der Waals surface area contributed by atoms with Gasteiger partial charge in [-0.15, -0.1) is 0 Å². The van der Waals surface area contributed by atoms with Gasteiger partial charge in [0.05, 0.1) is 29.8 Å². The van der Waals surface area contributed by atoms with Crippen LogP contribution >= 0.6 is 0 Å². The summed E-state index contributed by atoms with van der Waals surface area (Å²) in [7, 11) is 0. The zero-order valence-corrected chi connectivity index (χ0v) is 13.2. The summed E-state index contributed by atoms with van der Waals surface area (Å²) < 4.78 is 0. The van der Waals surface area contributed by atoms with E-state index in [4.69, 9.17) is 5.26 Å². The van der Waals surface area contributed by atoms with Crippen LogP contribution in [0.5, 0.6) is 0 Å². The zero-order chi connectivity index (χ0) is 17.1. The minimum absolute atomic E-state index is 0.0475. The highest BCUT2D eigenvalue weighted by molar-refractivity contribution is 5.80. The molecular formula is C16H22N4O3. The van der Waals surface area contributed by atoms with Gasteiger partial charge in [-0.1, -0.05) is 26.2 Å². The van der Waals surface area contributed by atoms with Gasteiger partial charge in [0.25, 0.3) is 0 Å². The fourth-order valence-corrected chi connectivity index (χ4v) is 2.08. The third kappa shape index (κ3) is 6.80. The van der Waals surface area contributed by atoms with Crippen LogP contribution in [0.1, 0.15) is 38.2 Å². The van der Waals surface area contributed by atoms with Crippen molar-refractivity contribution >= 4 is 18.0 Å². The second-order valence-corrected chi connectivity index (χ2v) is 5.22. The summed E-state index contributed by atoms with van der Waals surface area (Å²) in [6, 6.07) is 8.63. The topological polar surface area (TPSA) is 105 Å². The summed E-state index contributed by atoms with van der Waals surface area (Å²) in [4.78, 5) is 22.7. The number of hydrazine groups is 1. The number of nitrogens with zero attached hydrogens (tertiary/aromatic N) is 2. The molecule has 2 amide bonds. The number of carbonyl (C=O) groups excluding carboxylic acids is 2. The predicted octanol–water partition coefficient (Wildman–Crippen LogP) is 2.05. The van der Waals surface area contributed by atoms with Crippen molar-refractivity contribution < 1.29 is 14.8 Å². The molecule has 124 valence electrons. The fraction of sp³-hybridized carbons (Fsp3) is 0.438. The van der Waals surface area contributed by atoms with E-state index in [-0.39, 0.29) is 18.9 Å². The first-order valence-electron chi connectivity index (χ1n) is 7.57. The lowest BCUT2D eigenvalue weighted by Gasteiger charge is -2.20. The number of nitrogens with one attached hydrogen (secondary N) is 2. The first kappa shape index (κ1) is 18.5. The number of hydrogen-bond donors (Lipinski definition) is 3. The summed E-state index contributed by atoms with van der Waals surface area (Å²) in [5, 5.41) is 18.5. The number of rotatable bonds is 10. The standard InChI is InChI=1S/C16H22N4O3/c1-2-3-4-5-14(11-20(23)12-21)16(22)19-18-15-8-6-13(10-17)7-9-15/h6-9,12,14,18,23H,2-5,11H2,1H3,(H,19,22)/t14-/m1/s1. The Kier molecular flexibility index (Phi) is 8.18. The van der Waals surface area contributed by atoms with E-state index in [0.29, 0.717) is 22.7 Å². The quantitative estimate of drug-likeness (QED) is 0.265. The number of hydrogen-bond acceptors (Lipinski definition) is 5. The maximum absolute atomic E-state index is 12.2. The molecule has 3 N–H and O–H groups in total. The van der Waals surface area contributed by atoms with Crippen molar-refractivity contribution in [2.45, 2.75) is 32.6 Å². The maximum atomic E-state index is 12.2. The third-order valence-corrected chi connectivity index (χ3v) is 3.40. The van der Waals surface area contributed by atoms with Gasteiger partial charge in [0.15, 0.2) is 0 Å². The summed E-state index contributed by atoms with van der Waals surface area (Å²) in [5.74, 6) is -0.797. The summed E-state index contributed by atoms with van der Waals surface area (Å²) in [6.07, 6.45) is 3.72. The van der Waals surface area contributed by atoms with Crippen LogP contribution in [0.25, 0.3) is 0 Å². The van der Waals surface area contributed by atoms with Gasteiger partial charge in [-0.3, -0.25) is 25.6 Å². The van der Waals surface area contributed by atoms with E-state index in [1.54, 1.807) is 24.3 Å². The summed E-state index contributed by atoms with van der Waals surface area (Å²) in [6.45, 7) is 2.01. The van der Waals surface area contributed by atoms with Gasteiger partial charge in [-0.05, 0) is 30.7 Å². The number of benzene rings is 1.